The average molecular weight is 486 g/mol. The van der Waals surface area contributed by atoms with Crippen molar-refractivity contribution in [2.75, 3.05) is 11.9 Å². The zero-order valence-electron chi connectivity index (χ0n) is 20.2. The summed E-state index contributed by atoms with van der Waals surface area (Å²) in [7, 11) is 0. The average Bonchev–Trinajstić information content (AvgIpc) is 3.34. The lowest BCUT2D eigenvalue weighted by Gasteiger charge is -2.24. The molecule has 3 N–H and O–H groups in total. The Morgan fingerprint density at radius 1 is 1.00 bits per heavy atom. The Labute approximate surface area is 211 Å². The number of likely N-dealkylation sites (tertiary alicyclic amines) is 1. The van der Waals surface area contributed by atoms with Crippen molar-refractivity contribution < 1.29 is 19.8 Å². The lowest BCUT2D eigenvalue weighted by atomic mass is 9.99. The number of aliphatic hydroxyl groups is 1. The van der Waals surface area contributed by atoms with Gasteiger partial charge in [0.1, 0.15) is 0 Å². The predicted molar refractivity (Wildman–Crippen MR) is 140 cm³/mol. The van der Waals surface area contributed by atoms with E-state index in [1.165, 1.54) is 6.92 Å². The molecule has 0 bridgehead atoms. The highest BCUT2D eigenvalue weighted by Gasteiger charge is 2.31. The summed E-state index contributed by atoms with van der Waals surface area (Å²) in [5, 5.41) is 22.8. The van der Waals surface area contributed by atoms with E-state index in [1.54, 1.807) is 12.1 Å². The molecule has 36 heavy (non-hydrogen) atoms. The second-order valence-electron chi connectivity index (χ2n) is 9.02. The van der Waals surface area contributed by atoms with Crippen LogP contribution in [0.25, 0.3) is 0 Å². The third-order valence-corrected chi connectivity index (χ3v) is 6.36. The van der Waals surface area contributed by atoms with Gasteiger partial charge in [-0.05, 0) is 37.9 Å². The Morgan fingerprint density at radius 2 is 1.64 bits per heavy atom. The van der Waals surface area contributed by atoms with Crippen molar-refractivity contribution in [3.05, 3.63) is 102 Å². The molecule has 3 atom stereocenters. The largest absolute Gasteiger partial charge is 0.480 e. The first kappa shape index (κ1) is 25.3. The van der Waals surface area contributed by atoms with Crippen molar-refractivity contribution in [3.8, 4) is 0 Å². The van der Waals surface area contributed by atoms with Gasteiger partial charge in [0.05, 0.1) is 23.5 Å². The second kappa shape index (κ2) is 11.7. The van der Waals surface area contributed by atoms with Crippen LogP contribution < -0.4 is 5.32 Å². The molecule has 0 aromatic heterocycles. The fourth-order valence-corrected chi connectivity index (χ4v) is 4.55. The summed E-state index contributed by atoms with van der Waals surface area (Å²) in [4.78, 5) is 31.9. The van der Waals surface area contributed by atoms with Gasteiger partial charge in [-0.3, -0.25) is 14.7 Å². The van der Waals surface area contributed by atoms with Crippen molar-refractivity contribution in [2.24, 2.45) is 4.99 Å². The summed E-state index contributed by atoms with van der Waals surface area (Å²) in [6.07, 6.45) is 0.523. The van der Waals surface area contributed by atoms with Gasteiger partial charge in [0.15, 0.2) is 6.04 Å². The Balaban J connectivity index is 1.64. The number of anilines is 1. The highest BCUT2D eigenvalue weighted by Crippen LogP contribution is 2.25. The number of amides is 1. The SMILES string of the molecule is C[C@@H](O)[C@H](N=C(c1ccccc1)c1ccccc1NC(=O)[C@@H]1CCCN1Cc1ccccc1)C(=O)O. The molecule has 7 heteroatoms. The van der Waals surface area contributed by atoms with Crippen LogP contribution in [-0.2, 0) is 16.1 Å². The van der Waals surface area contributed by atoms with E-state index >= 15 is 0 Å². The molecule has 3 aromatic carbocycles. The van der Waals surface area contributed by atoms with E-state index in [2.05, 4.69) is 27.3 Å². The van der Waals surface area contributed by atoms with Gasteiger partial charge in [-0.15, -0.1) is 0 Å². The highest BCUT2D eigenvalue weighted by molar-refractivity contribution is 6.17. The third kappa shape index (κ3) is 6.05. The van der Waals surface area contributed by atoms with Gasteiger partial charge in [0.2, 0.25) is 5.91 Å². The topological polar surface area (TPSA) is 102 Å². The summed E-state index contributed by atoms with van der Waals surface area (Å²) in [5.41, 5.74) is 3.39. The zero-order valence-corrected chi connectivity index (χ0v) is 20.2. The van der Waals surface area contributed by atoms with Crippen LogP contribution in [0.1, 0.15) is 36.5 Å². The maximum atomic E-state index is 13.4. The minimum Gasteiger partial charge on any atom is -0.480 e. The Morgan fingerprint density at radius 3 is 2.31 bits per heavy atom. The molecule has 1 aliphatic heterocycles. The molecule has 1 saturated heterocycles. The number of carbonyl (C=O) groups excluding carboxylic acids is 1. The van der Waals surface area contributed by atoms with Crippen molar-refractivity contribution in [2.45, 2.75) is 44.5 Å². The standard InChI is InChI=1S/C29H31N3O4/c1-20(33)26(29(35)36)31-27(22-13-6-3-7-14-22)23-15-8-9-16-24(23)30-28(34)25-17-10-18-32(25)19-21-11-4-2-5-12-21/h2-9,11-16,20,25-26,33H,10,17-19H2,1H3,(H,30,34)(H,35,36)/t20-,25+,26+/m1/s1. The first-order valence-corrected chi connectivity index (χ1v) is 12.2. The summed E-state index contributed by atoms with van der Waals surface area (Å²) in [6.45, 7) is 2.95. The maximum Gasteiger partial charge on any atom is 0.331 e. The van der Waals surface area contributed by atoms with E-state index in [0.717, 1.165) is 24.9 Å². The minimum atomic E-state index is -1.35. The molecular weight excluding hydrogens is 454 g/mol. The monoisotopic (exact) mass is 485 g/mol. The van der Waals surface area contributed by atoms with Crippen molar-refractivity contribution in [1.82, 2.24) is 4.90 Å². The smallest absolute Gasteiger partial charge is 0.331 e. The van der Waals surface area contributed by atoms with Gasteiger partial charge in [-0.2, -0.15) is 0 Å². The number of benzene rings is 3. The maximum absolute atomic E-state index is 13.4. The Bertz CT molecular complexity index is 1210. The molecule has 7 nitrogen and oxygen atoms in total. The summed E-state index contributed by atoms with van der Waals surface area (Å²) in [5.74, 6) is -1.32. The molecule has 0 unspecified atom stereocenters. The van der Waals surface area contributed by atoms with Crippen molar-refractivity contribution in [1.29, 1.82) is 0 Å². The number of nitrogens with one attached hydrogen (secondary N) is 1. The number of hydrogen-bond donors (Lipinski definition) is 3. The number of para-hydroxylation sites is 1. The molecule has 4 rings (SSSR count). The van der Waals surface area contributed by atoms with Gasteiger partial charge in [-0.1, -0.05) is 78.9 Å². The van der Waals surface area contributed by atoms with Gasteiger partial charge in [-0.25, -0.2) is 4.79 Å². The lowest BCUT2D eigenvalue weighted by Crippen LogP contribution is -2.39. The number of aliphatic carboxylic acids is 1. The molecule has 3 aromatic rings. The van der Waals surface area contributed by atoms with Crippen molar-refractivity contribution >= 4 is 23.3 Å². The van der Waals surface area contributed by atoms with Gasteiger partial charge < -0.3 is 15.5 Å². The van der Waals surface area contributed by atoms with Gasteiger partial charge in [0.25, 0.3) is 0 Å². The molecule has 0 spiro atoms. The van der Waals surface area contributed by atoms with E-state index < -0.39 is 18.1 Å². The van der Waals surface area contributed by atoms with Crippen LogP contribution in [-0.4, -0.2) is 57.4 Å². The number of carbonyl (C=O) groups is 2. The number of hydrogen-bond acceptors (Lipinski definition) is 5. The van der Waals surface area contributed by atoms with Crippen LogP contribution in [0.3, 0.4) is 0 Å². The molecular formula is C29H31N3O4. The van der Waals surface area contributed by atoms with E-state index in [0.29, 0.717) is 29.1 Å². The first-order valence-electron chi connectivity index (χ1n) is 12.2. The molecule has 1 heterocycles. The van der Waals surface area contributed by atoms with E-state index in [9.17, 15) is 19.8 Å². The summed E-state index contributed by atoms with van der Waals surface area (Å²) < 4.78 is 0. The zero-order chi connectivity index (χ0) is 25.5. The summed E-state index contributed by atoms with van der Waals surface area (Å²) >= 11 is 0. The van der Waals surface area contributed by atoms with Crippen LogP contribution in [0.2, 0.25) is 0 Å². The molecule has 0 aliphatic carbocycles. The van der Waals surface area contributed by atoms with E-state index in [4.69, 9.17) is 0 Å². The number of nitrogens with zero attached hydrogens (tertiary/aromatic N) is 2. The number of aliphatic imine (C=N–C) groups is 1. The van der Waals surface area contributed by atoms with Crippen LogP contribution >= 0.6 is 0 Å². The van der Waals surface area contributed by atoms with Gasteiger partial charge in [0, 0.05) is 17.7 Å². The predicted octanol–water partition coefficient (Wildman–Crippen LogP) is 3.96. The molecule has 0 saturated carbocycles. The number of rotatable bonds is 9. The Kier molecular flexibility index (Phi) is 8.25. The summed E-state index contributed by atoms with van der Waals surface area (Å²) in [6, 6.07) is 24.9. The molecule has 186 valence electrons. The molecule has 1 aliphatic rings. The quantitative estimate of drug-likeness (QED) is 0.398. The Hall–Kier alpha value is -3.81. The second-order valence-corrected chi connectivity index (χ2v) is 9.02. The van der Waals surface area contributed by atoms with Crippen LogP contribution in [0, 0.1) is 0 Å². The first-order chi connectivity index (χ1) is 17.4. The third-order valence-electron chi connectivity index (χ3n) is 6.36. The van der Waals surface area contributed by atoms with Crippen LogP contribution in [0.15, 0.2) is 89.9 Å². The molecule has 1 amide bonds. The van der Waals surface area contributed by atoms with E-state index in [1.807, 2.05) is 60.7 Å². The van der Waals surface area contributed by atoms with Crippen molar-refractivity contribution in [3.63, 3.8) is 0 Å². The highest BCUT2D eigenvalue weighted by atomic mass is 16.4. The van der Waals surface area contributed by atoms with Crippen LogP contribution in [0.5, 0.6) is 0 Å². The van der Waals surface area contributed by atoms with Gasteiger partial charge >= 0.3 is 5.97 Å². The number of carboxylic acid groups (broad SMARTS) is 1. The minimum absolute atomic E-state index is 0.103. The molecule has 1 fully saturated rings. The normalized spacial score (nSPS) is 17.9. The van der Waals surface area contributed by atoms with E-state index in [-0.39, 0.29) is 11.9 Å². The number of aliphatic hydroxyl groups excluding tert-OH is 1. The van der Waals surface area contributed by atoms with Crippen LogP contribution in [0.4, 0.5) is 5.69 Å². The molecule has 0 radical (unpaired) electrons. The number of carboxylic acids is 1. The lowest BCUT2D eigenvalue weighted by molar-refractivity contribution is -0.140. The fourth-order valence-electron chi connectivity index (χ4n) is 4.55. The fraction of sp³-hybridized carbons (Fsp3) is 0.276.